The number of halogens is 1. The maximum Gasteiger partial charge on any atom is 0.260 e. The molecule has 1 amide bonds. The first-order valence-electron chi connectivity index (χ1n) is 8.08. The minimum absolute atomic E-state index is 0.00288. The maximum absolute atomic E-state index is 12.2. The number of likely N-dealkylation sites (tertiary alicyclic amines) is 1. The van der Waals surface area contributed by atoms with Crippen molar-refractivity contribution >= 4 is 17.5 Å². The van der Waals surface area contributed by atoms with Crippen LogP contribution >= 0.6 is 11.6 Å². The summed E-state index contributed by atoms with van der Waals surface area (Å²) in [5.41, 5.74) is 0. The van der Waals surface area contributed by atoms with Gasteiger partial charge in [0.2, 0.25) is 0 Å². The number of amides is 1. The van der Waals surface area contributed by atoms with E-state index >= 15 is 0 Å². The van der Waals surface area contributed by atoms with E-state index in [0.717, 1.165) is 18.6 Å². The molecular weight excluding hydrogens is 326 g/mol. The predicted molar refractivity (Wildman–Crippen MR) is 93.6 cm³/mol. The van der Waals surface area contributed by atoms with Crippen LogP contribution in [0.1, 0.15) is 12.8 Å². The lowest BCUT2D eigenvalue weighted by Gasteiger charge is -2.32. The zero-order valence-corrected chi connectivity index (χ0v) is 14.1. The Labute approximate surface area is 146 Å². The van der Waals surface area contributed by atoms with Gasteiger partial charge in [-0.2, -0.15) is 0 Å². The first-order chi connectivity index (χ1) is 11.7. The Morgan fingerprint density at radius 1 is 1.00 bits per heavy atom. The molecule has 3 rings (SSSR count). The first-order valence-corrected chi connectivity index (χ1v) is 8.46. The number of piperidine rings is 1. The van der Waals surface area contributed by atoms with E-state index in [4.69, 9.17) is 21.1 Å². The molecule has 0 saturated carbocycles. The Kier molecular flexibility index (Phi) is 5.59. The third-order valence-electron chi connectivity index (χ3n) is 4.02. The number of hydrogen-bond acceptors (Lipinski definition) is 3. The lowest BCUT2D eigenvalue weighted by molar-refractivity contribution is -0.135. The molecule has 1 aliphatic rings. The van der Waals surface area contributed by atoms with Gasteiger partial charge in [-0.3, -0.25) is 4.79 Å². The number of rotatable bonds is 5. The van der Waals surface area contributed by atoms with Gasteiger partial charge in [0.1, 0.15) is 17.6 Å². The average Bonchev–Trinajstić information content (AvgIpc) is 2.62. The molecule has 0 N–H and O–H groups in total. The molecule has 2 aromatic carbocycles. The van der Waals surface area contributed by atoms with E-state index in [1.807, 2.05) is 35.2 Å². The zero-order chi connectivity index (χ0) is 16.8. The number of carbonyl (C=O) groups excluding carboxylic acids is 1. The topological polar surface area (TPSA) is 38.8 Å². The largest absolute Gasteiger partial charge is 0.490 e. The molecule has 126 valence electrons. The highest BCUT2D eigenvalue weighted by atomic mass is 35.5. The molecule has 24 heavy (non-hydrogen) atoms. The highest BCUT2D eigenvalue weighted by molar-refractivity contribution is 6.30. The second-order valence-corrected chi connectivity index (χ2v) is 6.19. The Balaban J connectivity index is 1.42. The average molecular weight is 346 g/mol. The summed E-state index contributed by atoms with van der Waals surface area (Å²) in [6, 6.07) is 16.8. The fourth-order valence-electron chi connectivity index (χ4n) is 2.68. The van der Waals surface area contributed by atoms with Gasteiger partial charge in [0.25, 0.3) is 5.91 Å². The highest BCUT2D eigenvalue weighted by Gasteiger charge is 2.24. The first kappa shape index (κ1) is 16.7. The summed E-state index contributed by atoms with van der Waals surface area (Å²) in [5, 5.41) is 0.647. The monoisotopic (exact) mass is 345 g/mol. The SMILES string of the molecule is O=C(COc1ccc(Cl)cc1)N1CCC(Oc2ccccc2)CC1. The van der Waals surface area contributed by atoms with Gasteiger partial charge >= 0.3 is 0 Å². The standard InChI is InChI=1S/C19H20ClNO3/c20-15-6-8-16(9-7-15)23-14-19(22)21-12-10-18(11-13-21)24-17-4-2-1-3-5-17/h1-9,18H,10-14H2. The summed E-state index contributed by atoms with van der Waals surface area (Å²) in [4.78, 5) is 14.1. The third kappa shape index (κ3) is 4.65. The van der Waals surface area contributed by atoms with Crippen LogP contribution in [0.4, 0.5) is 0 Å². The van der Waals surface area contributed by atoms with Crippen LogP contribution in [0, 0.1) is 0 Å². The van der Waals surface area contributed by atoms with Crippen LogP contribution in [0.5, 0.6) is 11.5 Å². The second-order valence-electron chi connectivity index (χ2n) is 5.75. The fourth-order valence-corrected chi connectivity index (χ4v) is 2.81. The summed E-state index contributed by atoms with van der Waals surface area (Å²) in [5.74, 6) is 1.53. The molecule has 0 atom stereocenters. The van der Waals surface area contributed by atoms with E-state index in [0.29, 0.717) is 23.9 Å². The quantitative estimate of drug-likeness (QED) is 0.827. The van der Waals surface area contributed by atoms with Crippen molar-refractivity contribution in [2.75, 3.05) is 19.7 Å². The number of benzene rings is 2. The van der Waals surface area contributed by atoms with Crippen LogP contribution in [0.3, 0.4) is 0 Å². The molecule has 1 heterocycles. The Morgan fingerprint density at radius 2 is 1.67 bits per heavy atom. The van der Waals surface area contributed by atoms with Crippen molar-refractivity contribution < 1.29 is 14.3 Å². The van der Waals surface area contributed by atoms with Gasteiger partial charge in [-0.25, -0.2) is 0 Å². The molecule has 0 radical (unpaired) electrons. The van der Waals surface area contributed by atoms with Gasteiger partial charge in [-0.1, -0.05) is 29.8 Å². The highest BCUT2D eigenvalue weighted by Crippen LogP contribution is 2.19. The minimum atomic E-state index is 0.00288. The van der Waals surface area contributed by atoms with Crippen LogP contribution < -0.4 is 9.47 Å². The fraction of sp³-hybridized carbons (Fsp3) is 0.316. The number of hydrogen-bond donors (Lipinski definition) is 0. The predicted octanol–water partition coefficient (Wildman–Crippen LogP) is 3.79. The number of ether oxygens (including phenoxy) is 2. The number of nitrogens with zero attached hydrogens (tertiary/aromatic N) is 1. The van der Waals surface area contributed by atoms with Crippen molar-refractivity contribution in [2.24, 2.45) is 0 Å². The van der Waals surface area contributed by atoms with Gasteiger partial charge in [0, 0.05) is 31.0 Å². The summed E-state index contributed by atoms with van der Waals surface area (Å²) in [6.07, 6.45) is 1.83. The van der Waals surface area contributed by atoms with Crippen molar-refractivity contribution in [3.8, 4) is 11.5 Å². The van der Waals surface area contributed by atoms with E-state index in [1.165, 1.54) is 0 Å². The molecule has 1 saturated heterocycles. The van der Waals surface area contributed by atoms with Crippen LogP contribution in [-0.4, -0.2) is 36.6 Å². The minimum Gasteiger partial charge on any atom is -0.490 e. The van der Waals surface area contributed by atoms with Crippen LogP contribution in [0.15, 0.2) is 54.6 Å². The molecule has 0 bridgehead atoms. The summed E-state index contributed by atoms with van der Waals surface area (Å²) < 4.78 is 11.5. The van der Waals surface area contributed by atoms with E-state index in [1.54, 1.807) is 24.3 Å². The normalized spacial score (nSPS) is 15.1. The third-order valence-corrected chi connectivity index (χ3v) is 4.27. The Bertz CT molecular complexity index is 652. The van der Waals surface area contributed by atoms with E-state index in [9.17, 15) is 4.79 Å². The molecule has 2 aromatic rings. The summed E-state index contributed by atoms with van der Waals surface area (Å²) in [6.45, 7) is 1.44. The van der Waals surface area contributed by atoms with E-state index in [-0.39, 0.29) is 18.6 Å². The molecule has 1 fully saturated rings. The maximum atomic E-state index is 12.2. The van der Waals surface area contributed by atoms with Crippen molar-refractivity contribution in [1.82, 2.24) is 4.90 Å². The van der Waals surface area contributed by atoms with Crippen LogP contribution in [0.2, 0.25) is 5.02 Å². The Morgan fingerprint density at radius 3 is 2.33 bits per heavy atom. The molecule has 5 heteroatoms. The molecule has 0 unspecified atom stereocenters. The number of carbonyl (C=O) groups is 1. The van der Waals surface area contributed by atoms with Gasteiger partial charge in [-0.05, 0) is 36.4 Å². The van der Waals surface area contributed by atoms with Crippen molar-refractivity contribution in [3.63, 3.8) is 0 Å². The summed E-state index contributed by atoms with van der Waals surface area (Å²) in [7, 11) is 0. The van der Waals surface area contributed by atoms with Gasteiger partial charge in [-0.15, -0.1) is 0 Å². The van der Waals surface area contributed by atoms with E-state index < -0.39 is 0 Å². The molecule has 0 spiro atoms. The van der Waals surface area contributed by atoms with Crippen molar-refractivity contribution in [2.45, 2.75) is 18.9 Å². The van der Waals surface area contributed by atoms with Crippen LogP contribution in [-0.2, 0) is 4.79 Å². The molecule has 4 nitrogen and oxygen atoms in total. The molecular formula is C19H20ClNO3. The van der Waals surface area contributed by atoms with E-state index in [2.05, 4.69) is 0 Å². The smallest absolute Gasteiger partial charge is 0.260 e. The van der Waals surface area contributed by atoms with Crippen LogP contribution in [0.25, 0.3) is 0 Å². The molecule has 0 aliphatic carbocycles. The lowest BCUT2D eigenvalue weighted by atomic mass is 10.1. The lowest BCUT2D eigenvalue weighted by Crippen LogP contribution is -2.43. The number of para-hydroxylation sites is 1. The molecule has 1 aliphatic heterocycles. The van der Waals surface area contributed by atoms with Gasteiger partial charge in [0.05, 0.1) is 0 Å². The second kappa shape index (κ2) is 8.06. The van der Waals surface area contributed by atoms with Crippen molar-refractivity contribution in [1.29, 1.82) is 0 Å². The van der Waals surface area contributed by atoms with Gasteiger partial charge < -0.3 is 14.4 Å². The summed E-state index contributed by atoms with van der Waals surface area (Å²) >= 11 is 5.83. The van der Waals surface area contributed by atoms with Crippen molar-refractivity contribution in [3.05, 3.63) is 59.6 Å². The zero-order valence-electron chi connectivity index (χ0n) is 13.4. The Hall–Kier alpha value is -2.20. The molecule has 0 aromatic heterocycles. The van der Waals surface area contributed by atoms with Gasteiger partial charge in [0.15, 0.2) is 6.61 Å².